The number of hydrogen-bond donors (Lipinski definition) is 0. The minimum Gasteiger partial charge on any atom is -0.455 e. The van der Waals surface area contributed by atoms with Gasteiger partial charge in [0, 0.05) is 53.4 Å². The van der Waals surface area contributed by atoms with Gasteiger partial charge in [0.25, 0.3) is 0 Å². The van der Waals surface area contributed by atoms with Gasteiger partial charge in [-0.1, -0.05) is 170 Å². The maximum Gasteiger partial charge on any atom is 0.143 e. The molecule has 0 spiro atoms. The summed E-state index contributed by atoms with van der Waals surface area (Å²) in [5.41, 5.74) is 14.5. The Morgan fingerprint density at radius 1 is 0.328 bits per heavy atom. The molecule has 0 amide bonds. The van der Waals surface area contributed by atoms with E-state index < -0.39 is 0 Å². The Bertz CT molecular complexity index is 3590. The van der Waals surface area contributed by atoms with E-state index in [0.717, 1.165) is 50.1 Å². The van der Waals surface area contributed by atoms with E-state index in [1.54, 1.807) is 0 Å². The Balaban J connectivity index is 0.997. The second kappa shape index (κ2) is 14.5. The third-order valence-corrected chi connectivity index (χ3v) is 13.3. The number of thiophene rings is 1. The highest BCUT2D eigenvalue weighted by Crippen LogP contribution is 2.45. The van der Waals surface area contributed by atoms with Crippen LogP contribution in [0.4, 0.5) is 17.1 Å². The molecule has 2 nitrogen and oxygen atoms in total. The third-order valence-electron chi connectivity index (χ3n) is 12.1. The molecule has 0 N–H and O–H groups in total. The maximum absolute atomic E-state index is 6.47. The summed E-state index contributed by atoms with van der Waals surface area (Å²) in [6.07, 6.45) is 0. The lowest BCUT2D eigenvalue weighted by Gasteiger charge is -2.28. The van der Waals surface area contributed by atoms with Gasteiger partial charge in [-0.3, -0.25) is 0 Å². The standard InChI is InChI=1S/C58H37NOS/c1-2-15-44-38(13-1)14-11-22-49(44)48-18-4-3-16-45(48)39-27-32-42(33-28-39)59(43-34-29-40(30-35-43)47-21-12-23-52-50-19-6-9-25-55(50)60-58(47)52)54-24-8-5-17-46(54)41-31-36-57-53(37-41)51-20-7-10-26-56(51)61-57/h1-37H. The second-order valence-electron chi connectivity index (χ2n) is 15.6. The van der Waals surface area contributed by atoms with Crippen molar-refractivity contribution < 1.29 is 4.42 Å². The number of nitrogens with zero attached hydrogens (tertiary/aromatic N) is 1. The lowest BCUT2D eigenvalue weighted by Crippen LogP contribution is -2.11. The fourth-order valence-electron chi connectivity index (χ4n) is 9.22. The number of anilines is 3. The summed E-state index contributed by atoms with van der Waals surface area (Å²) < 4.78 is 9.08. The molecule has 0 saturated heterocycles. The molecular formula is C58H37NOS. The molecule has 12 aromatic rings. The van der Waals surface area contributed by atoms with Crippen molar-refractivity contribution >= 4 is 81.3 Å². The first-order valence-electron chi connectivity index (χ1n) is 20.7. The van der Waals surface area contributed by atoms with Gasteiger partial charge in [0.15, 0.2) is 0 Å². The third kappa shape index (κ3) is 6.01. The van der Waals surface area contributed by atoms with E-state index in [1.807, 2.05) is 23.5 Å². The minimum absolute atomic E-state index is 0.904. The van der Waals surface area contributed by atoms with Crippen LogP contribution in [0.5, 0.6) is 0 Å². The van der Waals surface area contributed by atoms with Crippen LogP contribution < -0.4 is 4.90 Å². The van der Waals surface area contributed by atoms with E-state index in [9.17, 15) is 0 Å². The van der Waals surface area contributed by atoms with Crippen LogP contribution in [0, 0.1) is 0 Å². The number of hydrogen-bond acceptors (Lipinski definition) is 3. The monoisotopic (exact) mass is 795 g/mol. The first-order valence-corrected chi connectivity index (χ1v) is 21.6. The number of benzene rings is 10. The van der Waals surface area contributed by atoms with Crippen molar-refractivity contribution in [3.05, 3.63) is 224 Å². The zero-order valence-corrected chi connectivity index (χ0v) is 33.9. The van der Waals surface area contributed by atoms with Crippen molar-refractivity contribution in [2.75, 3.05) is 4.90 Å². The first-order chi connectivity index (χ1) is 30.2. The summed E-state index contributed by atoms with van der Waals surface area (Å²) in [6.45, 7) is 0. The highest BCUT2D eigenvalue weighted by atomic mass is 32.1. The Morgan fingerprint density at radius 3 is 1.69 bits per heavy atom. The molecule has 0 aliphatic heterocycles. The van der Waals surface area contributed by atoms with Crippen molar-refractivity contribution in [1.29, 1.82) is 0 Å². The van der Waals surface area contributed by atoms with Gasteiger partial charge in [-0.15, -0.1) is 11.3 Å². The predicted molar refractivity (Wildman–Crippen MR) is 261 cm³/mol. The Morgan fingerprint density at radius 2 is 0.869 bits per heavy atom. The zero-order chi connectivity index (χ0) is 40.3. The van der Waals surface area contributed by atoms with Crippen LogP contribution in [0.15, 0.2) is 229 Å². The molecule has 0 unspecified atom stereocenters. The minimum atomic E-state index is 0.904. The van der Waals surface area contributed by atoms with Gasteiger partial charge in [-0.05, 0) is 98.8 Å². The Labute approximate surface area is 357 Å². The molecule has 0 fully saturated rings. The molecule has 0 aliphatic rings. The molecule has 0 atom stereocenters. The molecule has 286 valence electrons. The smallest absolute Gasteiger partial charge is 0.143 e. The lowest BCUT2D eigenvalue weighted by molar-refractivity contribution is 0.670. The maximum atomic E-state index is 6.47. The number of rotatable bonds is 7. The van der Waals surface area contributed by atoms with Gasteiger partial charge in [-0.25, -0.2) is 0 Å². The van der Waals surface area contributed by atoms with Crippen molar-refractivity contribution in [3.63, 3.8) is 0 Å². The molecule has 0 bridgehead atoms. The van der Waals surface area contributed by atoms with Crippen LogP contribution in [0.25, 0.3) is 97.4 Å². The average molecular weight is 796 g/mol. The first kappa shape index (κ1) is 35.2. The van der Waals surface area contributed by atoms with Gasteiger partial charge in [-0.2, -0.15) is 0 Å². The quantitative estimate of drug-likeness (QED) is 0.160. The van der Waals surface area contributed by atoms with Gasteiger partial charge < -0.3 is 9.32 Å². The van der Waals surface area contributed by atoms with Crippen LogP contribution in [0.1, 0.15) is 0 Å². The van der Waals surface area contributed by atoms with Crippen LogP contribution in [-0.2, 0) is 0 Å². The molecule has 0 aliphatic carbocycles. The topological polar surface area (TPSA) is 16.4 Å². The highest BCUT2D eigenvalue weighted by Gasteiger charge is 2.20. The van der Waals surface area contributed by atoms with Crippen molar-refractivity contribution in [2.45, 2.75) is 0 Å². The largest absolute Gasteiger partial charge is 0.455 e. The van der Waals surface area contributed by atoms with E-state index in [-0.39, 0.29) is 0 Å². The molecule has 3 heteroatoms. The van der Waals surface area contributed by atoms with E-state index >= 15 is 0 Å². The molecule has 2 aromatic heterocycles. The fraction of sp³-hybridized carbons (Fsp3) is 0. The van der Waals surface area contributed by atoms with Crippen LogP contribution in [-0.4, -0.2) is 0 Å². The normalized spacial score (nSPS) is 11.6. The second-order valence-corrected chi connectivity index (χ2v) is 16.7. The Kier molecular flexibility index (Phi) is 8.39. The SMILES string of the molecule is c1ccc(-c2cccc3ccccc23)c(-c2ccc(N(c3ccc(-c4cccc5c4oc4ccccc45)cc3)c3ccccc3-c3ccc4sc5ccccc5c4c3)cc2)c1. The fourth-order valence-corrected chi connectivity index (χ4v) is 10.3. The Hall–Kier alpha value is -7.72. The van der Waals surface area contributed by atoms with E-state index in [2.05, 4.69) is 217 Å². The molecule has 2 heterocycles. The van der Waals surface area contributed by atoms with Gasteiger partial charge >= 0.3 is 0 Å². The zero-order valence-electron chi connectivity index (χ0n) is 33.1. The van der Waals surface area contributed by atoms with Crippen LogP contribution in [0.3, 0.4) is 0 Å². The summed E-state index contributed by atoms with van der Waals surface area (Å²) >= 11 is 1.85. The number of furan rings is 1. The molecule has 0 saturated carbocycles. The summed E-state index contributed by atoms with van der Waals surface area (Å²) in [7, 11) is 0. The van der Waals surface area contributed by atoms with Crippen molar-refractivity contribution in [1.82, 2.24) is 0 Å². The average Bonchev–Trinajstić information content (AvgIpc) is 3.91. The molecule has 12 rings (SSSR count). The summed E-state index contributed by atoms with van der Waals surface area (Å²) in [5.74, 6) is 0. The van der Waals surface area contributed by atoms with E-state index in [4.69, 9.17) is 4.42 Å². The summed E-state index contributed by atoms with van der Waals surface area (Å²) in [5, 5.41) is 7.35. The molecule has 61 heavy (non-hydrogen) atoms. The predicted octanol–water partition coefficient (Wildman–Crippen LogP) is 17.2. The lowest BCUT2D eigenvalue weighted by atomic mass is 9.91. The molecule has 0 radical (unpaired) electrons. The van der Waals surface area contributed by atoms with E-state index in [0.29, 0.717) is 0 Å². The highest BCUT2D eigenvalue weighted by molar-refractivity contribution is 7.25. The summed E-state index contributed by atoms with van der Waals surface area (Å²) in [6, 6.07) is 81.2. The van der Waals surface area contributed by atoms with E-state index in [1.165, 1.54) is 64.3 Å². The van der Waals surface area contributed by atoms with Crippen molar-refractivity contribution in [2.24, 2.45) is 0 Å². The van der Waals surface area contributed by atoms with Crippen LogP contribution >= 0.6 is 11.3 Å². The number of para-hydroxylation sites is 3. The van der Waals surface area contributed by atoms with Crippen molar-refractivity contribution in [3.8, 4) is 44.5 Å². The van der Waals surface area contributed by atoms with Gasteiger partial charge in [0.2, 0.25) is 0 Å². The van der Waals surface area contributed by atoms with Gasteiger partial charge in [0.05, 0.1) is 5.69 Å². The molecule has 10 aromatic carbocycles. The molecular weight excluding hydrogens is 759 g/mol. The van der Waals surface area contributed by atoms with Gasteiger partial charge in [0.1, 0.15) is 11.2 Å². The summed E-state index contributed by atoms with van der Waals surface area (Å²) in [4.78, 5) is 2.40. The number of fused-ring (bicyclic) bond motifs is 7. The van der Waals surface area contributed by atoms with Crippen LogP contribution in [0.2, 0.25) is 0 Å².